The van der Waals surface area contributed by atoms with E-state index in [4.69, 9.17) is 9.15 Å². The molecule has 110 valence electrons. The lowest BCUT2D eigenvalue weighted by Gasteiger charge is -2.18. The minimum absolute atomic E-state index is 0.179. The fourth-order valence-corrected chi connectivity index (χ4v) is 3.21. The summed E-state index contributed by atoms with van der Waals surface area (Å²) in [7, 11) is 0. The van der Waals surface area contributed by atoms with Crippen LogP contribution in [0.2, 0.25) is 0 Å². The van der Waals surface area contributed by atoms with E-state index in [0.29, 0.717) is 18.5 Å². The molecule has 2 aliphatic heterocycles. The number of aromatic nitrogens is 2. The molecule has 3 atom stereocenters. The van der Waals surface area contributed by atoms with Crippen LogP contribution in [-0.4, -0.2) is 47.5 Å². The lowest BCUT2D eigenvalue weighted by atomic mass is 9.94. The maximum absolute atomic E-state index is 9.40. The van der Waals surface area contributed by atoms with Crippen LogP contribution in [0.4, 0.5) is 5.95 Å². The molecule has 2 fully saturated rings. The van der Waals surface area contributed by atoms with E-state index in [0.717, 1.165) is 24.5 Å². The van der Waals surface area contributed by atoms with Crippen LogP contribution in [-0.2, 0) is 4.74 Å². The molecule has 0 aromatic carbocycles. The molecule has 1 N–H and O–H groups in total. The second-order valence-electron chi connectivity index (χ2n) is 5.60. The van der Waals surface area contributed by atoms with Crippen molar-refractivity contribution in [1.82, 2.24) is 9.97 Å². The highest BCUT2D eigenvalue weighted by atomic mass is 16.5. The Bertz CT molecular complexity index is 616. The van der Waals surface area contributed by atoms with E-state index in [1.165, 1.54) is 0 Å². The maximum Gasteiger partial charge on any atom is 0.226 e. The minimum atomic E-state index is 0.179. The van der Waals surface area contributed by atoms with Gasteiger partial charge in [-0.1, -0.05) is 0 Å². The number of aliphatic hydroxyl groups excluding tert-OH is 1. The van der Waals surface area contributed by atoms with E-state index >= 15 is 0 Å². The Kier molecular flexibility index (Phi) is 3.12. The number of fused-ring (bicyclic) bond motifs is 1. The summed E-state index contributed by atoms with van der Waals surface area (Å²) < 4.78 is 11.1. The van der Waals surface area contributed by atoms with Gasteiger partial charge in [-0.2, -0.15) is 0 Å². The molecule has 21 heavy (non-hydrogen) atoms. The van der Waals surface area contributed by atoms with Crippen molar-refractivity contribution in [3.8, 4) is 11.5 Å². The first-order chi connectivity index (χ1) is 10.3. The number of anilines is 1. The molecule has 0 aliphatic carbocycles. The third-order valence-corrected chi connectivity index (χ3v) is 4.37. The van der Waals surface area contributed by atoms with Crippen LogP contribution in [0.1, 0.15) is 0 Å². The van der Waals surface area contributed by atoms with Gasteiger partial charge in [0, 0.05) is 37.7 Å². The average molecular weight is 287 g/mol. The predicted molar refractivity (Wildman–Crippen MR) is 75.8 cm³/mol. The Balaban J connectivity index is 1.57. The van der Waals surface area contributed by atoms with Crippen LogP contribution in [0, 0.1) is 11.8 Å². The average Bonchev–Trinajstić information content (AvgIpc) is 3.23. The Morgan fingerprint density at radius 3 is 3.10 bits per heavy atom. The van der Waals surface area contributed by atoms with Gasteiger partial charge in [-0.25, -0.2) is 9.97 Å². The van der Waals surface area contributed by atoms with Crippen LogP contribution >= 0.6 is 0 Å². The highest BCUT2D eigenvalue weighted by Crippen LogP contribution is 2.35. The highest BCUT2D eigenvalue weighted by Gasteiger charge is 2.44. The van der Waals surface area contributed by atoms with Crippen molar-refractivity contribution in [1.29, 1.82) is 0 Å². The minimum Gasteiger partial charge on any atom is -0.463 e. The van der Waals surface area contributed by atoms with E-state index in [1.807, 2.05) is 18.2 Å². The number of ether oxygens (including phenoxy) is 1. The zero-order valence-electron chi connectivity index (χ0n) is 11.6. The van der Waals surface area contributed by atoms with Crippen molar-refractivity contribution in [2.75, 3.05) is 31.2 Å². The van der Waals surface area contributed by atoms with Gasteiger partial charge >= 0.3 is 0 Å². The second-order valence-corrected chi connectivity index (χ2v) is 5.60. The number of rotatable bonds is 3. The molecular weight excluding hydrogens is 270 g/mol. The summed E-state index contributed by atoms with van der Waals surface area (Å²) in [6.07, 6.45) is 3.56. The molecule has 2 aromatic heterocycles. The van der Waals surface area contributed by atoms with E-state index in [1.54, 1.807) is 12.5 Å². The van der Waals surface area contributed by atoms with E-state index in [2.05, 4.69) is 14.9 Å². The van der Waals surface area contributed by atoms with Gasteiger partial charge in [0.25, 0.3) is 0 Å². The molecule has 2 saturated heterocycles. The Labute approximate surface area is 122 Å². The summed E-state index contributed by atoms with van der Waals surface area (Å²) in [6.45, 7) is 2.45. The largest absolute Gasteiger partial charge is 0.463 e. The molecule has 6 heteroatoms. The lowest BCUT2D eigenvalue weighted by molar-refractivity contribution is 0.107. The van der Waals surface area contributed by atoms with Gasteiger partial charge in [0.05, 0.1) is 19.0 Å². The molecule has 0 radical (unpaired) electrons. The number of aliphatic hydroxyl groups is 1. The standard InChI is InChI=1S/C15H17N3O3/c19-8-10-9-21-14-7-18(6-11(10)14)15-16-4-3-12(17-15)13-2-1-5-20-13/h1-5,10-11,14,19H,6-9H2/t10-,11-,14-/m1/s1. The third kappa shape index (κ3) is 2.20. The normalized spacial score (nSPS) is 28.0. The van der Waals surface area contributed by atoms with Crippen molar-refractivity contribution >= 4 is 5.95 Å². The summed E-state index contributed by atoms with van der Waals surface area (Å²) in [5, 5.41) is 9.40. The quantitative estimate of drug-likeness (QED) is 0.914. The topological polar surface area (TPSA) is 71.6 Å². The van der Waals surface area contributed by atoms with Gasteiger partial charge in [0.1, 0.15) is 5.69 Å². The van der Waals surface area contributed by atoms with Crippen LogP contribution in [0.25, 0.3) is 11.5 Å². The molecule has 0 spiro atoms. The van der Waals surface area contributed by atoms with Crippen molar-refractivity contribution in [2.24, 2.45) is 11.8 Å². The Morgan fingerprint density at radius 2 is 2.29 bits per heavy atom. The van der Waals surface area contributed by atoms with Gasteiger partial charge in [0.2, 0.25) is 5.95 Å². The predicted octanol–water partition coefficient (Wildman–Crippen LogP) is 1.18. The molecular formula is C15H17N3O3. The van der Waals surface area contributed by atoms with Gasteiger partial charge in [-0.15, -0.1) is 0 Å². The van der Waals surface area contributed by atoms with Crippen molar-refractivity contribution < 1.29 is 14.3 Å². The Morgan fingerprint density at radius 1 is 1.33 bits per heavy atom. The molecule has 0 bridgehead atoms. The molecule has 6 nitrogen and oxygen atoms in total. The van der Waals surface area contributed by atoms with Gasteiger partial charge in [-0.3, -0.25) is 0 Å². The summed E-state index contributed by atoms with van der Waals surface area (Å²) in [6, 6.07) is 5.57. The van der Waals surface area contributed by atoms with E-state index < -0.39 is 0 Å². The molecule has 4 heterocycles. The zero-order chi connectivity index (χ0) is 14.2. The summed E-state index contributed by atoms with van der Waals surface area (Å²) in [5.74, 6) is 2.03. The molecule has 0 unspecified atom stereocenters. The third-order valence-electron chi connectivity index (χ3n) is 4.37. The van der Waals surface area contributed by atoms with Crippen molar-refractivity contribution in [3.63, 3.8) is 0 Å². The fourth-order valence-electron chi connectivity index (χ4n) is 3.21. The monoisotopic (exact) mass is 287 g/mol. The first-order valence-corrected chi connectivity index (χ1v) is 7.19. The van der Waals surface area contributed by atoms with E-state index in [-0.39, 0.29) is 18.6 Å². The maximum atomic E-state index is 9.40. The zero-order valence-corrected chi connectivity index (χ0v) is 11.6. The Hall–Kier alpha value is -1.92. The van der Waals surface area contributed by atoms with Gasteiger partial charge in [0.15, 0.2) is 5.76 Å². The van der Waals surface area contributed by atoms with Crippen molar-refractivity contribution in [3.05, 3.63) is 30.7 Å². The lowest BCUT2D eigenvalue weighted by Crippen LogP contribution is -2.26. The van der Waals surface area contributed by atoms with Crippen LogP contribution < -0.4 is 4.90 Å². The first-order valence-electron chi connectivity index (χ1n) is 7.19. The summed E-state index contributed by atoms with van der Waals surface area (Å²) >= 11 is 0. The van der Waals surface area contributed by atoms with Gasteiger partial charge < -0.3 is 19.2 Å². The second kappa shape index (κ2) is 5.13. The molecule has 2 aromatic rings. The van der Waals surface area contributed by atoms with E-state index in [9.17, 15) is 5.11 Å². The number of hydrogen-bond donors (Lipinski definition) is 1. The fraction of sp³-hybridized carbons (Fsp3) is 0.467. The molecule has 2 aliphatic rings. The van der Waals surface area contributed by atoms with Gasteiger partial charge in [-0.05, 0) is 18.2 Å². The van der Waals surface area contributed by atoms with Crippen LogP contribution in [0.15, 0.2) is 35.1 Å². The van der Waals surface area contributed by atoms with Crippen molar-refractivity contribution in [2.45, 2.75) is 6.10 Å². The molecule has 0 saturated carbocycles. The van der Waals surface area contributed by atoms with Crippen LogP contribution in [0.3, 0.4) is 0 Å². The number of hydrogen-bond acceptors (Lipinski definition) is 6. The molecule has 4 rings (SSSR count). The van der Waals surface area contributed by atoms with Crippen LogP contribution in [0.5, 0.6) is 0 Å². The number of furan rings is 1. The smallest absolute Gasteiger partial charge is 0.226 e. The SMILES string of the molecule is OC[C@@H]1CO[C@@H]2CN(c3nccc(-c4ccco4)n3)C[C@H]12. The first kappa shape index (κ1) is 12.8. The molecule has 0 amide bonds. The highest BCUT2D eigenvalue weighted by molar-refractivity contribution is 5.53. The summed E-state index contributed by atoms with van der Waals surface area (Å²) in [5.41, 5.74) is 0.779. The summed E-state index contributed by atoms with van der Waals surface area (Å²) in [4.78, 5) is 11.1. The number of nitrogens with zero attached hydrogens (tertiary/aromatic N) is 3.